The minimum absolute atomic E-state index is 0.00201. The summed E-state index contributed by atoms with van der Waals surface area (Å²) in [5.41, 5.74) is 0.204. The summed E-state index contributed by atoms with van der Waals surface area (Å²) in [7, 11) is -3.05. The smallest absolute Gasteiger partial charge is 0.230 e. The monoisotopic (exact) mass is 415 g/mol. The van der Waals surface area contributed by atoms with E-state index in [1.807, 2.05) is 30.3 Å². The Balaban J connectivity index is 1.61. The van der Waals surface area contributed by atoms with E-state index >= 15 is 0 Å². The molecule has 2 aromatic rings. The molecule has 1 saturated heterocycles. The Kier molecular flexibility index (Phi) is 5.33. The molecule has 1 N–H and O–H groups in total. The number of aromatic nitrogens is 2. The van der Waals surface area contributed by atoms with Gasteiger partial charge in [-0.3, -0.25) is 4.79 Å². The van der Waals surface area contributed by atoms with Crippen molar-refractivity contribution in [2.75, 3.05) is 17.3 Å². The number of hydrogen-bond acceptors (Lipinski definition) is 7. The van der Waals surface area contributed by atoms with E-state index < -0.39 is 15.4 Å². The minimum atomic E-state index is -3.05. The van der Waals surface area contributed by atoms with Crippen LogP contribution in [0.5, 0.6) is 0 Å². The van der Waals surface area contributed by atoms with Gasteiger partial charge in [0.25, 0.3) is 0 Å². The van der Waals surface area contributed by atoms with Crippen LogP contribution < -0.4 is 5.32 Å². The van der Waals surface area contributed by atoms with Crippen molar-refractivity contribution in [3.63, 3.8) is 0 Å². The Morgan fingerprint density at radius 2 is 2.16 bits per heavy atom. The van der Waals surface area contributed by atoms with E-state index in [0.717, 1.165) is 5.69 Å². The predicted octanol–water partition coefficient (Wildman–Crippen LogP) is 2.45. The van der Waals surface area contributed by atoms with Gasteiger partial charge in [0.15, 0.2) is 18.1 Å². The Morgan fingerprint density at radius 1 is 1.44 bits per heavy atom. The molecule has 6 nitrogen and oxygen atoms in total. The van der Waals surface area contributed by atoms with Crippen molar-refractivity contribution in [2.24, 2.45) is 0 Å². The average Bonchev–Trinajstić information content (AvgIpc) is 3.05. The zero-order valence-electron chi connectivity index (χ0n) is 13.5. The van der Waals surface area contributed by atoms with Crippen molar-refractivity contribution >= 4 is 51.1 Å². The molecule has 0 spiro atoms. The molecule has 0 unspecified atom stereocenters. The van der Waals surface area contributed by atoms with Crippen LogP contribution in [-0.2, 0) is 14.6 Å². The first-order chi connectivity index (χ1) is 11.8. The van der Waals surface area contributed by atoms with E-state index in [1.54, 1.807) is 11.6 Å². The van der Waals surface area contributed by atoms with Gasteiger partial charge in [-0.25, -0.2) is 13.1 Å². The van der Waals surface area contributed by atoms with Gasteiger partial charge in [-0.05, 0) is 37.7 Å². The maximum absolute atomic E-state index is 12.2. The van der Waals surface area contributed by atoms with Crippen LogP contribution in [0.15, 0.2) is 34.7 Å². The third-order valence-corrected chi connectivity index (χ3v) is 8.07. The standard InChI is InChI=1S/C15H17N3O3S4/c1-15(7-8-25(20,21)10-15)16-12(19)9-23-13-17-18(14(22)24-13)11-5-3-2-4-6-11/h2-6H,7-10H2,1H3,(H,16,19)/t15-/m1/s1. The van der Waals surface area contributed by atoms with Crippen molar-refractivity contribution in [3.05, 3.63) is 34.3 Å². The van der Waals surface area contributed by atoms with Crippen LogP contribution in [0.1, 0.15) is 13.3 Å². The second-order valence-corrected chi connectivity index (χ2v) is 11.1. The van der Waals surface area contributed by atoms with Crippen LogP contribution in [0.4, 0.5) is 0 Å². The summed E-state index contributed by atoms with van der Waals surface area (Å²) in [4.78, 5) is 12.2. The van der Waals surface area contributed by atoms with Gasteiger partial charge in [-0.2, -0.15) is 0 Å². The molecular formula is C15H17N3O3S4. The fourth-order valence-electron chi connectivity index (χ4n) is 2.66. The normalized spacial score (nSPS) is 22.0. The van der Waals surface area contributed by atoms with E-state index in [0.29, 0.717) is 14.7 Å². The molecule has 1 aliphatic rings. The van der Waals surface area contributed by atoms with Crippen LogP contribution in [0.3, 0.4) is 0 Å². The Labute approximate surface area is 159 Å². The van der Waals surface area contributed by atoms with Crippen molar-refractivity contribution in [3.8, 4) is 5.69 Å². The number of rotatable bonds is 5. The first-order valence-corrected chi connectivity index (χ1v) is 11.6. The highest BCUT2D eigenvalue weighted by atomic mass is 32.2. The van der Waals surface area contributed by atoms with E-state index in [1.165, 1.54) is 23.1 Å². The molecule has 134 valence electrons. The largest absolute Gasteiger partial charge is 0.349 e. The topological polar surface area (TPSA) is 81.1 Å². The molecule has 1 amide bonds. The Morgan fingerprint density at radius 3 is 2.80 bits per heavy atom. The van der Waals surface area contributed by atoms with Crippen LogP contribution in [-0.4, -0.2) is 46.9 Å². The summed E-state index contributed by atoms with van der Waals surface area (Å²) in [6, 6.07) is 9.57. The maximum atomic E-state index is 12.2. The molecule has 1 aromatic heterocycles. The molecule has 1 aromatic carbocycles. The Bertz CT molecular complexity index is 936. The maximum Gasteiger partial charge on any atom is 0.230 e. The number of nitrogens with one attached hydrogen (secondary N) is 1. The van der Waals surface area contributed by atoms with E-state index in [9.17, 15) is 13.2 Å². The van der Waals surface area contributed by atoms with Crippen LogP contribution >= 0.6 is 35.3 Å². The summed E-state index contributed by atoms with van der Waals surface area (Å²) < 4.78 is 26.2. The molecule has 0 radical (unpaired) electrons. The lowest BCUT2D eigenvalue weighted by Crippen LogP contribution is -2.47. The first kappa shape index (κ1) is 18.6. The number of amides is 1. The lowest BCUT2D eigenvalue weighted by Gasteiger charge is -2.23. The summed E-state index contributed by atoms with van der Waals surface area (Å²) in [5.74, 6) is 0.0989. The van der Waals surface area contributed by atoms with Gasteiger partial charge < -0.3 is 5.32 Å². The van der Waals surface area contributed by atoms with Crippen molar-refractivity contribution in [1.82, 2.24) is 15.1 Å². The van der Waals surface area contributed by atoms with E-state index in [4.69, 9.17) is 12.2 Å². The van der Waals surface area contributed by atoms with Gasteiger partial charge in [0, 0.05) is 0 Å². The van der Waals surface area contributed by atoms with Gasteiger partial charge in [0.1, 0.15) is 0 Å². The molecular weight excluding hydrogens is 398 g/mol. The fourth-order valence-corrected chi connectivity index (χ4v) is 6.91. The molecule has 0 aliphatic carbocycles. The predicted molar refractivity (Wildman–Crippen MR) is 103 cm³/mol. The van der Waals surface area contributed by atoms with Crippen molar-refractivity contribution < 1.29 is 13.2 Å². The third kappa shape index (κ3) is 4.69. The molecule has 0 saturated carbocycles. The number of hydrogen-bond donors (Lipinski definition) is 1. The molecule has 1 fully saturated rings. The highest BCUT2D eigenvalue weighted by Crippen LogP contribution is 2.26. The van der Waals surface area contributed by atoms with Gasteiger partial charge in [0.05, 0.1) is 28.5 Å². The summed E-state index contributed by atoms with van der Waals surface area (Å²) in [6.45, 7) is 1.77. The van der Waals surface area contributed by atoms with Gasteiger partial charge >= 0.3 is 0 Å². The highest BCUT2D eigenvalue weighted by Gasteiger charge is 2.39. The third-order valence-electron chi connectivity index (χ3n) is 3.80. The van der Waals surface area contributed by atoms with Crippen LogP contribution in [0, 0.1) is 3.95 Å². The zero-order valence-corrected chi connectivity index (χ0v) is 16.7. The number of benzene rings is 1. The minimum Gasteiger partial charge on any atom is -0.349 e. The molecule has 2 heterocycles. The lowest BCUT2D eigenvalue weighted by atomic mass is 10.0. The number of carbonyl (C=O) groups is 1. The van der Waals surface area contributed by atoms with E-state index in [2.05, 4.69) is 10.4 Å². The number of para-hydroxylation sites is 1. The lowest BCUT2D eigenvalue weighted by molar-refractivity contribution is -0.120. The van der Waals surface area contributed by atoms with Gasteiger partial charge in [-0.1, -0.05) is 41.3 Å². The number of thioether (sulfide) groups is 1. The quantitative estimate of drug-likeness (QED) is 0.597. The number of carbonyl (C=O) groups excluding carboxylic acids is 1. The summed E-state index contributed by atoms with van der Waals surface area (Å²) in [5, 5.41) is 7.28. The molecule has 10 heteroatoms. The molecule has 1 atom stereocenters. The molecule has 0 bridgehead atoms. The second-order valence-electron chi connectivity index (χ2n) is 6.12. The molecule has 1 aliphatic heterocycles. The number of nitrogens with zero attached hydrogens (tertiary/aromatic N) is 2. The van der Waals surface area contributed by atoms with E-state index in [-0.39, 0.29) is 23.2 Å². The van der Waals surface area contributed by atoms with Crippen molar-refractivity contribution in [1.29, 1.82) is 0 Å². The van der Waals surface area contributed by atoms with Crippen LogP contribution in [0.2, 0.25) is 0 Å². The highest BCUT2D eigenvalue weighted by molar-refractivity contribution is 8.01. The summed E-state index contributed by atoms with van der Waals surface area (Å²) in [6.07, 6.45) is 0.452. The zero-order chi connectivity index (χ0) is 18.1. The number of sulfone groups is 1. The van der Waals surface area contributed by atoms with Crippen molar-refractivity contribution in [2.45, 2.75) is 23.2 Å². The molecule has 3 rings (SSSR count). The SMILES string of the molecule is C[C@@]1(NC(=O)CSc2nn(-c3ccccc3)c(=S)s2)CCS(=O)(=O)C1. The molecule has 25 heavy (non-hydrogen) atoms. The average molecular weight is 416 g/mol. The van der Waals surface area contributed by atoms with Gasteiger partial charge in [-0.15, -0.1) is 5.10 Å². The van der Waals surface area contributed by atoms with Crippen LogP contribution in [0.25, 0.3) is 5.69 Å². The fraction of sp³-hybridized carbons (Fsp3) is 0.400. The second kappa shape index (κ2) is 7.18. The Hall–Kier alpha value is -1.23. The van der Waals surface area contributed by atoms with Gasteiger partial charge in [0.2, 0.25) is 5.91 Å². The summed E-state index contributed by atoms with van der Waals surface area (Å²) >= 11 is 7.98. The first-order valence-electron chi connectivity index (χ1n) is 7.56.